The molecule has 116 valence electrons. The SMILES string of the molecule is C=C(CNCCC)CN1CCC(Cc2ccccc2)CC1. The van der Waals surface area contributed by atoms with Gasteiger partial charge in [-0.05, 0) is 62.4 Å². The molecule has 1 aliphatic rings. The van der Waals surface area contributed by atoms with Crippen molar-refractivity contribution >= 4 is 0 Å². The average molecular weight is 286 g/mol. The van der Waals surface area contributed by atoms with Gasteiger partial charge in [-0.1, -0.05) is 43.8 Å². The molecule has 2 rings (SSSR count). The largest absolute Gasteiger partial charge is 0.313 e. The fraction of sp³-hybridized carbons (Fsp3) is 0.579. The first-order chi connectivity index (χ1) is 10.3. The minimum Gasteiger partial charge on any atom is -0.313 e. The van der Waals surface area contributed by atoms with Gasteiger partial charge in [-0.25, -0.2) is 0 Å². The van der Waals surface area contributed by atoms with E-state index in [2.05, 4.69) is 54.1 Å². The van der Waals surface area contributed by atoms with Crippen LogP contribution in [-0.4, -0.2) is 37.6 Å². The molecule has 2 heteroatoms. The molecule has 0 aromatic heterocycles. The van der Waals surface area contributed by atoms with Crippen molar-refractivity contribution in [2.24, 2.45) is 5.92 Å². The third kappa shape index (κ3) is 6.03. The molecule has 1 aromatic rings. The fourth-order valence-corrected chi connectivity index (χ4v) is 3.11. The normalized spacial score (nSPS) is 17.0. The third-order valence-corrected chi connectivity index (χ3v) is 4.32. The van der Waals surface area contributed by atoms with Crippen molar-refractivity contribution in [3.8, 4) is 0 Å². The van der Waals surface area contributed by atoms with Crippen LogP contribution >= 0.6 is 0 Å². The lowest BCUT2D eigenvalue weighted by molar-refractivity contribution is 0.196. The van der Waals surface area contributed by atoms with Crippen LogP contribution in [0.5, 0.6) is 0 Å². The number of hydrogen-bond acceptors (Lipinski definition) is 2. The van der Waals surface area contributed by atoms with E-state index in [1.165, 1.54) is 49.9 Å². The molecule has 0 spiro atoms. The molecule has 21 heavy (non-hydrogen) atoms. The molecule has 1 N–H and O–H groups in total. The topological polar surface area (TPSA) is 15.3 Å². The highest BCUT2D eigenvalue weighted by molar-refractivity contribution is 5.15. The van der Waals surface area contributed by atoms with Crippen molar-refractivity contribution in [3.63, 3.8) is 0 Å². The second kappa shape index (κ2) is 9.01. The number of piperidine rings is 1. The van der Waals surface area contributed by atoms with Crippen LogP contribution in [0, 0.1) is 5.92 Å². The number of nitrogens with one attached hydrogen (secondary N) is 1. The molecule has 0 aliphatic carbocycles. The van der Waals surface area contributed by atoms with Gasteiger partial charge in [0, 0.05) is 13.1 Å². The Balaban J connectivity index is 1.65. The molecule has 0 saturated carbocycles. The van der Waals surface area contributed by atoms with Gasteiger partial charge in [0.25, 0.3) is 0 Å². The Kier molecular flexibility index (Phi) is 6.98. The lowest BCUT2D eigenvalue weighted by atomic mass is 9.90. The highest BCUT2D eigenvalue weighted by Crippen LogP contribution is 2.21. The van der Waals surface area contributed by atoms with Gasteiger partial charge in [0.05, 0.1) is 0 Å². The summed E-state index contributed by atoms with van der Waals surface area (Å²) in [6.07, 6.45) is 5.08. The highest BCUT2D eigenvalue weighted by atomic mass is 15.1. The van der Waals surface area contributed by atoms with E-state index in [0.717, 1.165) is 25.6 Å². The van der Waals surface area contributed by atoms with Crippen LogP contribution in [0.4, 0.5) is 0 Å². The van der Waals surface area contributed by atoms with E-state index in [4.69, 9.17) is 0 Å². The van der Waals surface area contributed by atoms with Crippen LogP contribution in [-0.2, 0) is 6.42 Å². The molecule has 2 nitrogen and oxygen atoms in total. The standard InChI is InChI=1S/C19H30N2/c1-3-11-20-15-17(2)16-21-12-9-19(10-13-21)14-18-7-5-4-6-8-18/h4-8,19-20H,2-3,9-16H2,1H3. The fourth-order valence-electron chi connectivity index (χ4n) is 3.11. The van der Waals surface area contributed by atoms with Crippen molar-refractivity contribution in [1.29, 1.82) is 0 Å². The van der Waals surface area contributed by atoms with Gasteiger partial charge in [0.1, 0.15) is 0 Å². The van der Waals surface area contributed by atoms with E-state index >= 15 is 0 Å². The Morgan fingerprint density at radius 2 is 1.95 bits per heavy atom. The lowest BCUT2D eigenvalue weighted by Crippen LogP contribution is -2.36. The van der Waals surface area contributed by atoms with Crippen LogP contribution in [0.3, 0.4) is 0 Å². The highest BCUT2D eigenvalue weighted by Gasteiger charge is 2.19. The molecule has 1 heterocycles. The first kappa shape index (κ1) is 16.3. The van der Waals surface area contributed by atoms with E-state index in [-0.39, 0.29) is 0 Å². The Hall–Kier alpha value is -1.12. The zero-order chi connectivity index (χ0) is 14.9. The zero-order valence-electron chi connectivity index (χ0n) is 13.5. The van der Waals surface area contributed by atoms with Gasteiger partial charge >= 0.3 is 0 Å². The van der Waals surface area contributed by atoms with Crippen molar-refractivity contribution in [3.05, 3.63) is 48.0 Å². The van der Waals surface area contributed by atoms with E-state index in [9.17, 15) is 0 Å². The molecule has 1 aliphatic heterocycles. The summed E-state index contributed by atoms with van der Waals surface area (Å²) < 4.78 is 0. The number of benzene rings is 1. The number of nitrogens with zero attached hydrogens (tertiary/aromatic N) is 1. The summed E-state index contributed by atoms with van der Waals surface area (Å²) in [5, 5.41) is 3.44. The molecule has 0 bridgehead atoms. The maximum atomic E-state index is 4.20. The third-order valence-electron chi connectivity index (χ3n) is 4.32. The van der Waals surface area contributed by atoms with Crippen molar-refractivity contribution in [2.75, 3.05) is 32.7 Å². The first-order valence-electron chi connectivity index (χ1n) is 8.41. The average Bonchev–Trinajstić information content (AvgIpc) is 2.51. The van der Waals surface area contributed by atoms with Gasteiger partial charge in [-0.2, -0.15) is 0 Å². The van der Waals surface area contributed by atoms with E-state index < -0.39 is 0 Å². The van der Waals surface area contributed by atoms with Crippen LogP contribution in [0.15, 0.2) is 42.5 Å². The summed E-state index contributed by atoms with van der Waals surface area (Å²) >= 11 is 0. The number of rotatable bonds is 8. The summed E-state index contributed by atoms with van der Waals surface area (Å²) in [6, 6.07) is 10.9. The molecular weight excluding hydrogens is 256 g/mol. The minimum atomic E-state index is 0.857. The van der Waals surface area contributed by atoms with Gasteiger partial charge in [-0.3, -0.25) is 4.90 Å². The van der Waals surface area contributed by atoms with Crippen molar-refractivity contribution < 1.29 is 0 Å². The second-order valence-corrected chi connectivity index (χ2v) is 6.34. The first-order valence-corrected chi connectivity index (χ1v) is 8.41. The predicted molar refractivity (Wildman–Crippen MR) is 91.6 cm³/mol. The van der Waals surface area contributed by atoms with Crippen LogP contribution in [0.25, 0.3) is 0 Å². The van der Waals surface area contributed by atoms with Gasteiger partial charge in [0.15, 0.2) is 0 Å². The Bertz CT molecular complexity index is 405. The molecule has 0 amide bonds. The van der Waals surface area contributed by atoms with E-state index in [0.29, 0.717) is 0 Å². The minimum absolute atomic E-state index is 0.857. The van der Waals surface area contributed by atoms with Gasteiger partial charge in [-0.15, -0.1) is 0 Å². The summed E-state index contributed by atoms with van der Waals surface area (Å²) in [7, 11) is 0. The van der Waals surface area contributed by atoms with Gasteiger partial charge < -0.3 is 5.32 Å². The summed E-state index contributed by atoms with van der Waals surface area (Å²) in [5.74, 6) is 0.857. The van der Waals surface area contributed by atoms with Crippen LogP contribution in [0.1, 0.15) is 31.7 Å². The van der Waals surface area contributed by atoms with Crippen LogP contribution < -0.4 is 5.32 Å². The van der Waals surface area contributed by atoms with E-state index in [1.807, 2.05) is 0 Å². The Labute approximate surface area is 130 Å². The smallest absolute Gasteiger partial charge is 0.0202 e. The maximum Gasteiger partial charge on any atom is 0.0202 e. The second-order valence-electron chi connectivity index (χ2n) is 6.34. The lowest BCUT2D eigenvalue weighted by Gasteiger charge is -2.32. The van der Waals surface area contributed by atoms with Crippen molar-refractivity contribution in [1.82, 2.24) is 10.2 Å². The quantitative estimate of drug-likeness (QED) is 0.581. The molecule has 0 unspecified atom stereocenters. The monoisotopic (exact) mass is 286 g/mol. The van der Waals surface area contributed by atoms with E-state index in [1.54, 1.807) is 0 Å². The molecule has 0 radical (unpaired) electrons. The Morgan fingerprint density at radius 1 is 1.24 bits per heavy atom. The Morgan fingerprint density at radius 3 is 2.62 bits per heavy atom. The number of hydrogen-bond donors (Lipinski definition) is 1. The molecule has 1 fully saturated rings. The molecule has 1 aromatic carbocycles. The predicted octanol–water partition coefficient (Wildman–Crippen LogP) is 3.50. The van der Waals surface area contributed by atoms with Crippen LogP contribution in [0.2, 0.25) is 0 Å². The summed E-state index contributed by atoms with van der Waals surface area (Å²) in [4.78, 5) is 2.57. The molecule has 0 atom stereocenters. The summed E-state index contributed by atoms with van der Waals surface area (Å²) in [6.45, 7) is 12.0. The van der Waals surface area contributed by atoms with Gasteiger partial charge in [0.2, 0.25) is 0 Å². The molecule has 1 saturated heterocycles. The zero-order valence-corrected chi connectivity index (χ0v) is 13.5. The molecular formula is C19H30N2. The summed E-state index contributed by atoms with van der Waals surface area (Å²) in [5.41, 5.74) is 2.81. The number of likely N-dealkylation sites (tertiary alicyclic amines) is 1. The maximum absolute atomic E-state index is 4.20. The van der Waals surface area contributed by atoms with Crippen molar-refractivity contribution in [2.45, 2.75) is 32.6 Å².